The van der Waals surface area contributed by atoms with E-state index in [9.17, 15) is 4.79 Å². The highest BCUT2D eigenvalue weighted by Crippen LogP contribution is 2.50. The van der Waals surface area contributed by atoms with Gasteiger partial charge in [-0.15, -0.1) is 0 Å². The number of carbonyl (C=O) groups excluding carboxylic acids is 1. The molecule has 0 aliphatic heterocycles. The summed E-state index contributed by atoms with van der Waals surface area (Å²) in [5, 5.41) is 0. The first-order chi connectivity index (χ1) is 7.56. The van der Waals surface area contributed by atoms with Crippen molar-refractivity contribution in [2.75, 3.05) is 6.54 Å². The van der Waals surface area contributed by atoms with E-state index in [2.05, 4.69) is 12.1 Å². The van der Waals surface area contributed by atoms with E-state index >= 15 is 0 Å². The normalized spacial score (nSPS) is 24.2. The monoisotopic (exact) mass is 217 g/mol. The number of hydrogen-bond donors (Lipinski definition) is 1. The molecule has 0 bridgehead atoms. The standard InChI is InChI=1S/C14H19NO/c1-14(2,9-15)13(16)12-8-11(12)10-6-4-3-5-7-10/h3-7,11-12H,8-9,15H2,1-2H3. The van der Waals surface area contributed by atoms with E-state index in [4.69, 9.17) is 5.73 Å². The zero-order valence-electron chi connectivity index (χ0n) is 9.94. The van der Waals surface area contributed by atoms with Crippen LogP contribution in [-0.2, 0) is 4.79 Å². The minimum absolute atomic E-state index is 0.195. The van der Waals surface area contributed by atoms with Gasteiger partial charge >= 0.3 is 0 Å². The number of Topliss-reactive ketones (excluding diaryl/α,β-unsaturated/α-hetero) is 1. The number of ketones is 1. The molecular weight excluding hydrogens is 198 g/mol. The molecule has 0 amide bonds. The molecule has 16 heavy (non-hydrogen) atoms. The Morgan fingerprint density at radius 1 is 1.38 bits per heavy atom. The highest BCUT2D eigenvalue weighted by atomic mass is 16.1. The fourth-order valence-electron chi connectivity index (χ4n) is 2.16. The van der Waals surface area contributed by atoms with Crippen molar-refractivity contribution in [3.05, 3.63) is 35.9 Å². The lowest BCUT2D eigenvalue weighted by Gasteiger charge is -2.20. The van der Waals surface area contributed by atoms with Gasteiger partial charge in [-0.3, -0.25) is 4.79 Å². The highest BCUT2D eigenvalue weighted by Gasteiger charge is 2.47. The second-order valence-electron chi connectivity index (χ2n) is 5.31. The topological polar surface area (TPSA) is 43.1 Å². The third-order valence-electron chi connectivity index (χ3n) is 3.53. The van der Waals surface area contributed by atoms with E-state index in [1.807, 2.05) is 32.0 Å². The SMILES string of the molecule is CC(C)(CN)C(=O)C1CC1c1ccccc1. The van der Waals surface area contributed by atoms with Gasteiger partial charge in [0.15, 0.2) is 0 Å². The van der Waals surface area contributed by atoms with Crippen LogP contribution in [0.2, 0.25) is 0 Å². The van der Waals surface area contributed by atoms with E-state index in [1.54, 1.807) is 0 Å². The molecule has 2 rings (SSSR count). The molecule has 1 fully saturated rings. The number of hydrogen-bond acceptors (Lipinski definition) is 2. The minimum Gasteiger partial charge on any atom is -0.329 e. The van der Waals surface area contributed by atoms with Crippen molar-refractivity contribution < 1.29 is 4.79 Å². The van der Waals surface area contributed by atoms with Crippen LogP contribution in [0.25, 0.3) is 0 Å². The Morgan fingerprint density at radius 3 is 2.56 bits per heavy atom. The third-order valence-corrected chi connectivity index (χ3v) is 3.53. The molecule has 2 unspecified atom stereocenters. The van der Waals surface area contributed by atoms with Crippen molar-refractivity contribution >= 4 is 5.78 Å². The maximum absolute atomic E-state index is 12.2. The molecule has 2 nitrogen and oxygen atoms in total. The molecule has 2 heteroatoms. The number of nitrogens with two attached hydrogens (primary N) is 1. The summed E-state index contributed by atoms with van der Waals surface area (Å²) >= 11 is 0. The Bertz CT molecular complexity index is 383. The van der Waals surface area contributed by atoms with Crippen molar-refractivity contribution in [2.24, 2.45) is 17.1 Å². The van der Waals surface area contributed by atoms with Crippen LogP contribution in [0.1, 0.15) is 31.7 Å². The smallest absolute Gasteiger partial charge is 0.143 e. The first-order valence-electron chi connectivity index (χ1n) is 5.85. The highest BCUT2D eigenvalue weighted by molar-refractivity contribution is 5.90. The lowest BCUT2D eigenvalue weighted by Crippen LogP contribution is -2.34. The lowest BCUT2D eigenvalue weighted by atomic mass is 9.85. The third kappa shape index (κ3) is 2.03. The summed E-state index contributed by atoms with van der Waals surface area (Å²) in [5.74, 6) is 0.948. The van der Waals surface area contributed by atoms with Gasteiger partial charge in [0.05, 0.1) is 0 Å². The Balaban J connectivity index is 2.05. The summed E-state index contributed by atoms with van der Waals surface area (Å²) in [7, 11) is 0. The Kier molecular flexibility index (Phi) is 2.85. The van der Waals surface area contributed by atoms with Gasteiger partial charge in [0.25, 0.3) is 0 Å². The van der Waals surface area contributed by atoms with Crippen LogP contribution in [0.4, 0.5) is 0 Å². The predicted molar refractivity (Wildman–Crippen MR) is 65.1 cm³/mol. The maximum Gasteiger partial charge on any atom is 0.143 e. The molecule has 1 aliphatic rings. The maximum atomic E-state index is 12.2. The Hall–Kier alpha value is -1.15. The second-order valence-corrected chi connectivity index (χ2v) is 5.31. The van der Waals surface area contributed by atoms with Crippen molar-refractivity contribution in [3.63, 3.8) is 0 Å². The predicted octanol–water partition coefficient (Wildman–Crippen LogP) is 2.34. The van der Waals surface area contributed by atoms with Crippen LogP contribution < -0.4 is 5.73 Å². The molecule has 0 heterocycles. The van der Waals surface area contributed by atoms with Gasteiger partial charge in [-0.25, -0.2) is 0 Å². The molecule has 86 valence electrons. The summed E-state index contributed by atoms with van der Waals surface area (Å²) in [6.07, 6.45) is 0.992. The molecule has 0 spiro atoms. The molecule has 2 atom stereocenters. The minimum atomic E-state index is -0.367. The van der Waals surface area contributed by atoms with Gasteiger partial charge in [0.1, 0.15) is 5.78 Å². The quantitative estimate of drug-likeness (QED) is 0.841. The van der Waals surface area contributed by atoms with Crippen LogP contribution in [0, 0.1) is 11.3 Å². The molecule has 0 saturated heterocycles. The Morgan fingerprint density at radius 2 is 2.00 bits per heavy atom. The van der Waals surface area contributed by atoms with Crippen LogP contribution in [-0.4, -0.2) is 12.3 Å². The molecule has 1 aromatic carbocycles. The zero-order chi connectivity index (χ0) is 11.8. The molecule has 0 aromatic heterocycles. The van der Waals surface area contributed by atoms with E-state index < -0.39 is 0 Å². The molecule has 0 radical (unpaired) electrons. The zero-order valence-corrected chi connectivity index (χ0v) is 9.94. The summed E-state index contributed by atoms with van der Waals surface area (Å²) in [6, 6.07) is 10.3. The average molecular weight is 217 g/mol. The fraction of sp³-hybridized carbons (Fsp3) is 0.500. The molecule has 1 aliphatic carbocycles. The fourth-order valence-corrected chi connectivity index (χ4v) is 2.16. The lowest BCUT2D eigenvalue weighted by molar-refractivity contribution is -0.128. The number of rotatable bonds is 4. The van der Waals surface area contributed by atoms with Crippen LogP contribution >= 0.6 is 0 Å². The summed E-state index contributed by atoms with van der Waals surface area (Å²) in [6.45, 7) is 4.31. The van der Waals surface area contributed by atoms with E-state index in [0.29, 0.717) is 18.2 Å². The molecular formula is C14H19NO. The van der Waals surface area contributed by atoms with E-state index in [0.717, 1.165) is 6.42 Å². The van der Waals surface area contributed by atoms with Crippen LogP contribution in [0.15, 0.2) is 30.3 Å². The van der Waals surface area contributed by atoms with Gasteiger partial charge in [0.2, 0.25) is 0 Å². The van der Waals surface area contributed by atoms with Gasteiger partial charge in [-0.1, -0.05) is 44.2 Å². The summed E-state index contributed by atoms with van der Waals surface area (Å²) in [4.78, 5) is 12.2. The van der Waals surface area contributed by atoms with Gasteiger partial charge in [-0.05, 0) is 17.9 Å². The molecule has 1 aromatic rings. The summed E-state index contributed by atoms with van der Waals surface area (Å²) in [5.41, 5.74) is 6.56. The van der Waals surface area contributed by atoms with Gasteiger partial charge in [0, 0.05) is 17.9 Å². The van der Waals surface area contributed by atoms with Crippen LogP contribution in [0.3, 0.4) is 0 Å². The van der Waals surface area contributed by atoms with E-state index in [-0.39, 0.29) is 11.3 Å². The first kappa shape index (κ1) is 11.3. The van der Waals surface area contributed by atoms with Crippen molar-refractivity contribution in [2.45, 2.75) is 26.2 Å². The molecule has 1 saturated carbocycles. The first-order valence-corrected chi connectivity index (χ1v) is 5.85. The average Bonchev–Trinajstić information content (AvgIpc) is 3.09. The van der Waals surface area contributed by atoms with Gasteiger partial charge < -0.3 is 5.73 Å². The van der Waals surface area contributed by atoms with Crippen molar-refractivity contribution in [1.29, 1.82) is 0 Å². The number of carbonyl (C=O) groups is 1. The largest absolute Gasteiger partial charge is 0.329 e. The Labute approximate surface area is 96.8 Å². The molecule has 2 N–H and O–H groups in total. The van der Waals surface area contributed by atoms with Crippen LogP contribution in [0.5, 0.6) is 0 Å². The number of benzene rings is 1. The van der Waals surface area contributed by atoms with Gasteiger partial charge in [-0.2, -0.15) is 0 Å². The van der Waals surface area contributed by atoms with Crippen molar-refractivity contribution in [3.8, 4) is 0 Å². The second kappa shape index (κ2) is 4.02. The summed E-state index contributed by atoms with van der Waals surface area (Å²) < 4.78 is 0. The van der Waals surface area contributed by atoms with Crippen molar-refractivity contribution in [1.82, 2.24) is 0 Å². The van der Waals surface area contributed by atoms with E-state index in [1.165, 1.54) is 5.56 Å².